The summed E-state index contributed by atoms with van der Waals surface area (Å²) in [4.78, 5) is 22.7. The third kappa shape index (κ3) is 3.51. The van der Waals surface area contributed by atoms with Crippen molar-refractivity contribution < 1.29 is 9.59 Å². The molecule has 0 bridgehead atoms. The van der Waals surface area contributed by atoms with Crippen molar-refractivity contribution in [3.8, 4) is 0 Å². The van der Waals surface area contributed by atoms with Gasteiger partial charge >= 0.3 is 0 Å². The van der Waals surface area contributed by atoms with Gasteiger partial charge in [0, 0.05) is 17.4 Å². The van der Waals surface area contributed by atoms with Crippen LogP contribution in [0.5, 0.6) is 0 Å². The van der Waals surface area contributed by atoms with E-state index < -0.39 is 0 Å². The largest absolute Gasteiger partial charge is 0.369 e. The van der Waals surface area contributed by atoms with Crippen LogP contribution in [0.15, 0.2) is 0 Å². The van der Waals surface area contributed by atoms with Gasteiger partial charge in [-0.2, -0.15) is 0 Å². The second kappa shape index (κ2) is 4.85. The topological polar surface area (TPSA) is 72.2 Å². The second-order valence-corrected chi connectivity index (χ2v) is 5.67. The average Bonchev–Trinajstić information content (AvgIpc) is 2.17. The molecule has 1 fully saturated rings. The van der Waals surface area contributed by atoms with Gasteiger partial charge in [0.2, 0.25) is 11.8 Å². The number of hydrogen-bond acceptors (Lipinski definition) is 2. The highest BCUT2D eigenvalue weighted by Crippen LogP contribution is 2.25. The predicted octanol–water partition coefficient (Wildman–Crippen LogP) is 1.19. The van der Waals surface area contributed by atoms with Crippen LogP contribution in [0.3, 0.4) is 0 Å². The Hall–Kier alpha value is -1.06. The van der Waals surface area contributed by atoms with Crippen molar-refractivity contribution in [1.29, 1.82) is 0 Å². The zero-order valence-electron chi connectivity index (χ0n) is 10.4. The molecule has 3 N–H and O–H groups in total. The molecule has 92 valence electrons. The maximum atomic E-state index is 11.7. The van der Waals surface area contributed by atoms with Crippen LogP contribution in [-0.4, -0.2) is 17.9 Å². The predicted molar refractivity (Wildman–Crippen MR) is 62.5 cm³/mol. The fourth-order valence-corrected chi connectivity index (χ4v) is 1.92. The first-order valence-electron chi connectivity index (χ1n) is 5.91. The van der Waals surface area contributed by atoms with Crippen LogP contribution >= 0.6 is 0 Å². The second-order valence-electron chi connectivity index (χ2n) is 5.67. The van der Waals surface area contributed by atoms with Crippen LogP contribution in [0, 0.1) is 11.3 Å². The molecule has 16 heavy (non-hydrogen) atoms. The van der Waals surface area contributed by atoms with Gasteiger partial charge in [-0.1, -0.05) is 20.8 Å². The minimum absolute atomic E-state index is 0.00258. The lowest BCUT2D eigenvalue weighted by molar-refractivity contribution is -0.129. The van der Waals surface area contributed by atoms with Gasteiger partial charge in [-0.15, -0.1) is 0 Å². The van der Waals surface area contributed by atoms with Crippen molar-refractivity contribution in [3.63, 3.8) is 0 Å². The van der Waals surface area contributed by atoms with E-state index in [9.17, 15) is 9.59 Å². The number of carbonyl (C=O) groups is 2. The number of nitrogens with one attached hydrogen (secondary N) is 1. The summed E-state index contributed by atoms with van der Waals surface area (Å²) >= 11 is 0. The van der Waals surface area contributed by atoms with Gasteiger partial charge in [-0.25, -0.2) is 0 Å². The van der Waals surface area contributed by atoms with Crippen LogP contribution in [0.4, 0.5) is 0 Å². The Morgan fingerprint density at radius 1 is 1.12 bits per heavy atom. The summed E-state index contributed by atoms with van der Waals surface area (Å²) < 4.78 is 0. The molecule has 0 saturated heterocycles. The van der Waals surface area contributed by atoms with Crippen molar-refractivity contribution in [3.05, 3.63) is 0 Å². The minimum Gasteiger partial charge on any atom is -0.369 e. The Bertz CT molecular complexity index is 273. The SMILES string of the molecule is CC(C)(C)C(=O)NC1CCC(C(N)=O)CC1. The quantitative estimate of drug-likeness (QED) is 0.742. The van der Waals surface area contributed by atoms with Crippen LogP contribution < -0.4 is 11.1 Å². The Morgan fingerprint density at radius 3 is 2.00 bits per heavy atom. The van der Waals surface area contributed by atoms with Gasteiger partial charge in [0.05, 0.1) is 0 Å². The highest BCUT2D eigenvalue weighted by atomic mass is 16.2. The van der Waals surface area contributed by atoms with Crippen molar-refractivity contribution in [2.24, 2.45) is 17.1 Å². The molecule has 0 atom stereocenters. The highest BCUT2D eigenvalue weighted by Gasteiger charge is 2.28. The van der Waals surface area contributed by atoms with E-state index in [-0.39, 0.29) is 29.2 Å². The number of nitrogens with two attached hydrogens (primary N) is 1. The van der Waals surface area contributed by atoms with E-state index in [1.54, 1.807) is 0 Å². The van der Waals surface area contributed by atoms with Crippen molar-refractivity contribution >= 4 is 11.8 Å². The summed E-state index contributed by atoms with van der Waals surface area (Å²) in [5.74, 6) is -0.126. The lowest BCUT2D eigenvalue weighted by Crippen LogP contribution is -2.44. The third-order valence-electron chi connectivity index (χ3n) is 3.15. The van der Waals surface area contributed by atoms with E-state index in [0.29, 0.717) is 0 Å². The molecule has 0 aliphatic heterocycles. The maximum Gasteiger partial charge on any atom is 0.225 e. The molecule has 1 rings (SSSR count). The molecule has 0 unspecified atom stereocenters. The molecular weight excluding hydrogens is 204 g/mol. The first kappa shape index (κ1) is 13.0. The Labute approximate surface area is 97.0 Å². The summed E-state index contributed by atoms with van der Waals surface area (Å²) in [6.45, 7) is 5.70. The fraction of sp³-hybridized carbons (Fsp3) is 0.833. The van der Waals surface area contributed by atoms with Crippen LogP contribution in [0.2, 0.25) is 0 Å². The Kier molecular flexibility index (Phi) is 3.94. The standard InChI is InChI=1S/C12H22N2O2/c1-12(2,3)11(16)14-9-6-4-8(5-7-9)10(13)15/h8-9H,4-7H2,1-3H3,(H2,13,15)(H,14,16). The molecule has 0 aromatic heterocycles. The smallest absolute Gasteiger partial charge is 0.225 e. The molecule has 0 heterocycles. The van der Waals surface area contributed by atoms with Gasteiger partial charge in [0.25, 0.3) is 0 Å². The van der Waals surface area contributed by atoms with E-state index in [1.807, 2.05) is 20.8 Å². The monoisotopic (exact) mass is 226 g/mol. The summed E-state index contributed by atoms with van der Waals surface area (Å²) in [5.41, 5.74) is 4.91. The lowest BCUT2D eigenvalue weighted by atomic mass is 9.85. The molecule has 0 aromatic rings. The molecule has 2 amide bonds. The van der Waals surface area contributed by atoms with Crippen molar-refractivity contribution in [2.45, 2.75) is 52.5 Å². The highest BCUT2D eigenvalue weighted by molar-refractivity contribution is 5.81. The number of hydrogen-bond donors (Lipinski definition) is 2. The van der Waals surface area contributed by atoms with E-state index in [2.05, 4.69) is 5.32 Å². The van der Waals surface area contributed by atoms with Crippen LogP contribution in [0.1, 0.15) is 46.5 Å². The third-order valence-corrected chi connectivity index (χ3v) is 3.15. The summed E-state index contributed by atoms with van der Waals surface area (Å²) in [5, 5.41) is 3.03. The van der Waals surface area contributed by atoms with Gasteiger partial charge in [-0.05, 0) is 25.7 Å². The Morgan fingerprint density at radius 2 is 1.62 bits per heavy atom. The van der Waals surface area contributed by atoms with Gasteiger partial charge < -0.3 is 11.1 Å². The summed E-state index contributed by atoms with van der Waals surface area (Å²) in [6, 6.07) is 0.210. The number of primary amides is 1. The Balaban J connectivity index is 2.38. The average molecular weight is 226 g/mol. The molecule has 4 heteroatoms. The van der Waals surface area contributed by atoms with E-state index in [4.69, 9.17) is 5.73 Å². The van der Waals surface area contributed by atoms with Crippen molar-refractivity contribution in [1.82, 2.24) is 5.32 Å². The molecule has 0 aromatic carbocycles. The van der Waals surface area contributed by atoms with Crippen LogP contribution in [-0.2, 0) is 9.59 Å². The normalized spacial score (nSPS) is 26.2. The van der Waals surface area contributed by atoms with E-state index >= 15 is 0 Å². The molecule has 1 saturated carbocycles. The molecule has 1 aliphatic rings. The number of amides is 2. The summed E-state index contributed by atoms with van der Waals surface area (Å²) in [6.07, 6.45) is 3.31. The molecule has 0 spiro atoms. The fourth-order valence-electron chi connectivity index (χ4n) is 1.92. The maximum absolute atomic E-state index is 11.7. The first-order chi connectivity index (χ1) is 7.30. The number of carbonyl (C=O) groups excluding carboxylic acids is 2. The molecule has 0 radical (unpaired) electrons. The lowest BCUT2D eigenvalue weighted by Gasteiger charge is -2.29. The molecule has 1 aliphatic carbocycles. The molecule has 4 nitrogen and oxygen atoms in total. The van der Waals surface area contributed by atoms with Crippen LogP contribution in [0.25, 0.3) is 0 Å². The van der Waals surface area contributed by atoms with Crippen molar-refractivity contribution in [2.75, 3.05) is 0 Å². The number of rotatable bonds is 2. The zero-order valence-corrected chi connectivity index (χ0v) is 10.4. The zero-order chi connectivity index (χ0) is 12.3. The van der Waals surface area contributed by atoms with Gasteiger partial charge in [0.1, 0.15) is 0 Å². The summed E-state index contributed by atoms with van der Waals surface area (Å²) in [7, 11) is 0. The molecular formula is C12H22N2O2. The minimum atomic E-state index is -0.347. The van der Waals surface area contributed by atoms with Gasteiger partial charge in [0.15, 0.2) is 0 Å². The first-order valence-corrected chi connectivity index (χ1v) is 5.91. The van der Waals surface area contributed by atoms with Gasteiger partial charge in [-0.3, -0.25) is 9.59 Å². The van der Waals surface area contributed by atoms with E-state index in [1.165, 1.54) is 0 Å². The van der Waals surface area contributed by atoms with E-state index in [0.717, 1.165) is 25.7 Å².